The lowest BCUT2D eigenvalue weighted by molar-refractivity contribution is -0.141. The lowest BCUT2D eigenvalue weighted by Crippen LogP contribution is -2.30. The summed E-state index contributed by atoms with van der Waals surface area (Å²) in [6.07, 6.45) is 3.83. The number of carbonyl (C=O) groups is 1. The fourth-order valence-electron chi connectivity index (χ4n) is 3.33. The van der Waals surface area contributed by atoms with Crippen LogP contribution in [0.2, 0.25) is 5.02 Å². The standard InChI is InChI=1S/C21H20ClF2N3O5/c1-31-6-5-17(20(29)30)26-11-18(32-2)16(8-19(26)28)15-7-13(22)3-4-14(15)12-9-25-27(10-12)21(23)24/h3-4,7-11,17,21H,5-6H2,1-2H3,(H,29,30). The van der Waals surface area contributed by atoms with Crippen LogP contribution in [0.4, 0.5) is 8.78 Å². The Morgan fingerprint density at radius 2 is 1.94 bits per heavy atom. The number of halogens is 3. The van der Waals surface area contributed by atoms with Crippen LogP contribution >= 0.6 is 11.6 Å². The molecule has 0 spiro atoms. The van der Waals surface area contributed by atoms with Crippen LogP contribution in [-0.4, -0.2) is 46.2 Å². The Bertz CT molecular complexity index is 1180. The van der Waals surface area contributed by atoms with Crippen molar-refractivity contribution in [3.63, 3.8) is 0 Å². The molecule has 32 heavy (non-hydrogen) atoms. The third kappa shape index (κ3) is 4.81. The van der Waals surface area contributed by atoms with Crippen molar-refractivity contribution < 1.29 is 28.2 Å². The topological polar surface area (TPSA) is 95.6 Å². The summed E-state index contributed by atoms with van der Waals surface area (Å²) < 4.78 is 37.9. The number of rotatable bonds is 9. The zero-order valence-electron chi connectivity index (χ0n) is 17.2. The van der Waals surface area contributed by atoms with E-state index in [0.29, 0.717) is 32.0 Å². The average Bonchev–Trinajstić information content (AvgIpc) is 3.25. The molecule has 1 unspecified atom stereocenters. The molecule has 1 aromatic carbocycles. The van der Waals surface area contributed by atoms with E-state index < -0.39 is 24.1 Å². The first-order valence-electron chi connectivity index (χ1n) is 9.41. The fourth-order valence-corrected chi connectivity index (χ4v) is 3.50. The molecule has 3 aromatic rings. The molecule has 0 saturated carbocycles. The molecule has 170 valence electrons. The molecule has 8 nitrogen and oxygen atoms in total. The largest absolute Gasteiger partial charge is 0.495 e. The van der Waals surface area contributed by atoms with E-state index in [1.54, 1.807) is 18.2 Å². The van der Waals surface area contributed by atoms with Gasteiger partial charge in [-0.25, -0.2) is 9.48 Å². The second-order valence-corrected chi connectivity index (χ2v) is 7.25. The molecule has 11 heteroatoms. The Balaban J connectivity index is 2.18. The maximum Gasteiger partial charge on any atom is 0.333 e. The molecule has 0 aliphatic rings. The number of hydrogen-bond donors (Lipinski definition) is 1. The Kier molecular flexibility index (Phi) is 7.26. The Morgan fingerprint density at radius 3 is 2.53 bits per heavy atom. The highest BCUT2D eigenvalue weighted by atomic mass is 35.5. The van der Waals surface area contributed by atoms with E-state index in [0.717, 1.165) is 4.57 Å². The molecular weight excluding hydrogens is 448 g/mol. The number of aromatic nitrogens is 3. The molecule has 0 amide bonds. The molecule has 0 aliphatic heterocycles. The summed E-state index contributed by atoms with van der Waals surface area (Å²) in [5.74, 6) is -0.986. The summed E-state index contributed by atoms with van der Waals surface area (Å²) in [5, 5.41) is 13.6. The molecule has 0 aliphatic carbocycles. The van der Waals surface area contributed by atoms with E-state index >= 15 is 0 Å². The monoisotopic (exact) mass is 467 g/mol. The van der Waals surface area contributed by atoms with Gasteiger partial charge < -0.3 is 14.6 Å². The van der Waals surface area contributed by atoms with Crippen LogP contribution in [-0.2, 0) is 9.53 Å². The third-order valence-electron chi connectivity index (χ3n) is 4.86. The predicted molar refractivity (Wildman–Crippen MR) is 113 cm³/mol. The van der Waals surface area contributed by atoms with Crippen molar-refractivity contribution in [2.75, 3.05) is 20.8 Å². The maximum atomic E-state index is 13.0. The zero-order chi connectivity index (χ0) is 23.4. The summed E-state index contributed by atoms with van der Waals surface area (Å²) in [7, 11) is 2.81. The van der Waals surface area contributed by atoms with E-state index in [1.807, 2.05) is 0 Å². The van der Waals surface area contributed by atoms with Crippen LogP contribution in [0, 0.1) is 0 Å². The van der Waals surface area contributed by atoms with E-state index in [4.69, 9.17) is 21.1 Å². The second-order valence-electron chi connectivity index (χ2n) is 6.81. The van der Waals surface area contributed by atoms with Gasteiger partial charge in [0.2, 0.25) is 0 Å². The molecule has 1 atom stereocenters. The number of hydrogen-bond acceptors (Lipinski definition) is 5. The number of pyridine rings is 1. The number of carboxylic acids is 1. The minimum absolute atomic E-state index is 0.0729. The first-order valence-corrected chi connectivity index (χ1v) is 9.79. The van der Waals surface area contributed by atoms with Crippen molar-refractivity contribution in [2.45, 2.75) is 19.0 Å². The van der Waals surface area contributed by atoms with Gasteiger partial charge in [0.1, 0.15) is 11.8 Å². The van der Waals surface area contributed by atoms with Crippen LogP contribution in [0.15, 0.2) is 47.7 Å². The first-order chi connectivity index (χ1) is 15.3. The van der Waals surface area contributed by atoms with Crippen LogP contribution in [0.25, 0.3) is 22.3 Å². The molecule has 0 fully saturated rings. The lowest BCUT2D eigenvalue weighted by atomic mass is 9.96. The van der Waals surface area contributed by atoms with Crippen LogP contribution in [0.3, 0.4) is 0 Å². The molecular formula is C21H20ClF2N3O5. The van der Waals surface area contributed by atoms with Crippen molar-refractivity contribution in [1.29, 1.82) is 0 Å². The summed E-state index contributed by atoms with van der Waals surface area (Å²) >= 11 is 6.17. The van der Waals surface area contributed by atoms with Gasteiger partial charge in [-0.1, -0.05) is 17.7 Å². The number of methoxy groups -OCH3 is 2. The van der Waals surface area contributed by atoms with Crippen LogP contribution < -0.4 is 10.3 Å². The van der Waals surface area contributed by atoms with E-state index in [9.17, 15) is 23.5 Å². The zero-order valence-corrected chi connectivity index (χ0v) is 17.9. The van der Waals surface area contributed by atoms with Crippen molar-refractivity contribution >= 4 is 17.6 Å². The van der Waals surface area contributed by atoms with Crippen molar-refractivity contribution in [1.82, 2.24) is 14.3 Å². The normalized spacial score (nSPS) is 12.2. The smallest absolute Gasteiger partial charge is 0.333 e. The van der Waals surface area contributed by atoms with Gasteiger partial charge in [-0.05, 0) is 23.3 Å². The van der Waals surface area contributed by atoms with Crippen LogP contribution in [0.1, 0.15) is 19.0 Å². The molecule has 0 radical (unpaired) electrons. The van der Waals surface area contributed by atoms with Gasteiger partial charge >= 0.3 is 12.5 Å². The second kappa shape index (κ2) is 9.92. The number of aliphatic carboxylic acids is 1. The minimum atomic E-state index is -2.81. The van der Waals surface area contributed by atoms with Crippen molar-refractivity contribution in [3.05, 3.63) is 58.2 Å². The fraction of sp³-hybridized carbons (Fsp3) is 0.286. The number of ether oxygens (including phenoxy) is 2. The first kappa shape index (κ1) is 23.4. The van der Waals surface area contributed by atoms with Gasteiger partial charge in [0.05, 0.1) is 19.5 Å². The molecule has 0 saturated heterocycles. The lowest BCUT2D eigenvalue weighted by Gasteiger charge is -2.19. The van der Waals surface area contributed by atoms with Gasteiger partial charge in [0, 0.05) is 48.6 Å². The van der Waals surface area contributed by atoms with Gasteiger partial charge in [0.15, 0.2) is 0 Å². The minimum Gasteiger partial charge on any atom is -0.495 e. The van der Waals surface area contributed by atoms with E-state index in [2.05, 4.69) is 5.10 Å². The maximum absolute atomic E-state index is 13.0. The Hall–Kier alpha value is -3.24. The molecule has 2 aromatic heterocycles. The predicted octanol–water partition coefficient (Wildman–Crippen LogP) is 4.10. The van der Waals surface area contributed by atoms with E-state index in [-0.39, 0.29) is 18.8 Å². The van der Waals surface area contributed by atoms with Gasteiger partial charge in [-0.2, -0.15) is 13.9 Å². The number of carboxylic acid groups (broad SMARTS) is 1. The third-order valence-corrected chi connectivity index (χ3v) is 5.10. The quantitative estimate of drug-likeness (QED) is 0.509. The Labute approximate surface area is 186 Å². The van der Waals surface area contributed by atoms with Crippen LogP contribution in [0.5, 0.6) is 5.75 Å². The summed E-state index contributed by atoms with van der Waals surface area (Å²) in [4.78, 5) is 24.6. The average molecular weight is 468 g/mol. The summed E-state index contributed by atoms with van der Waals surface area (Å²) in [6.45, 7) is -2.67. The molecule has 1 N–H and O–H groups in total. The Morgan fingerprint density at radius 1 is 1.19 bits per heavy atom. The van der Waals surface area contributed by atoms with Gasteiger partial charge in [-0.15, -0.1) is 0 Å². The highest BCUT2D eigenvalue weighted by molar-refractivity contribution is 6.31. The van der Waals surface area contributed by atoms with Crippen molar-refractivity contribution in [3.8, 4) is 28.0 Å². The summed E-state index contributed by atoms with van der Waals surface area (Å²) in [6, 6.07) is 4.84. The number of nitrogens with zero attached hydrogens (tertiary/aromatic N) is 3. The SMILES string of the molecule is COCCC(C(=O)O)n1cc(OC)c(-c2cc(Cl)ccc2-c2cnn(C(F)F)c2)cc1=O. The van der Waals surface area contributed by atoms with Gasteiger partial charge in [-0.3, -0.25) is 9.36 Å². The van der Waals surface area contributed by atoms with E-state index in [1.165, 1.54) is 38.9 Å². The van der Waals surface area contributed by atoms with Crippen molar-refractivity contribution in [2.24, 2.45) is 0 Å². The number of alkyl halides is 2. The summed E-state index contributed by atoms with van der Waals surface area (Å²) in [5.41, 5.74) is 1.05. The van der Waals surface area contributed by atoms with Gasteiger partial charge in [0.25, 0.3) is 5.56 Å². The molecule has 2 heterocycles. The highest BCUT2D eigenvalue weighted by Crippen LogP contribution is 2.38. The highest BCUT2D eigenvalue weighted by Gasteiger charge is 2.23. The number of benzene rings is 1. The molecule has 3 rings (SSSR count). The molecule has 0 bridgehead atoms.